The Bertz CT molecular complexity index is 1070. The zero-order valence-electron chi connectivity index (χ0n) is 17.6. The summed E-state index contributed by atoms with van der Waals surface area (Å²) in [5.41, 5.74) is 7.66. The average Bonchev–Trinajstić information content (AvgIpc) is 2.74. The third kappa shape index (κ3) is 5.89. The predicted octanol–water partition coefficient (Wildman–Crippen LogP) is 4.10. The summed E-state index contributed by atoms with van der Waals surface area (Å²) < 4.78 is 0.834. The van der Waals surface area contributed by atoms with Crippen LogP contribution in [-0.4, -0.2) is 42.8 Å². The van der Waals surface area contributed by atoms with Crippen LogP contribution in [0.15, 0.2) is 77.9 Å². The summed E-state index contributed by atoms with van der Waals surface area (Å²) in [6.07, 6.45) is 7.34. The summed E-state index contributed by atoms with van der Waals surface area (Å²) in [6.45, 7) is 0. The molecule has 7 nitrogen and oxygen atoms in total. The molecule has 0 spiro atoms. The van der Waals surface area contributed by atoms with E-state index in [1.165, 1.54) is 4.90 Å². The first kappa shape index (κ1) is 23.8. The molecule has 0 heterocycles. The molecule has 1 aliphatic carbocycles. The highest BCUT2D eigenvalue weighted by atomic mass is 127. The largest absolute Gasteiger partial charge is 0.351 e. The van der Waals surface area contributed by atoms with Crippen molar-refractivity contribution in [3.8, 4) is 0 Å². The van der Waals surface area contributed by atoms with Crippen molar-refractivity contribution in [3.05, 3.63) is 87.0 Å². The van der Waals surface area contributed by atoms with Crippen LogP contribution >= 0.6 is 34.2 Å². The number of nitrogens with one attached hydrogen (secondary N) is 1. The lowest BCUT2D eigenvalue weighted by Gasteiger charge is -2.31. The Labute approximate surface area is 205 Å². The van der Waals surface area contributed by atoms with E-state index in [1.807, 2.05) is 62.7 Å². The van der Waals surface area contributed by atoms with Crippen LogP contribution < -0.4 is 16.0 Å². The first-order valence-corrected chi connectivity index (χ1v) is 11.2. The minimum atomic E-state index is -0.972. The summed E-state index contributed by atoms with van der Waals surface area (Å²) in [6, 6.07) is 11.9. The zero-order chi connectivity index (χ0) is 23.3. The standard InChI is InChI=1S/C23H23ClIN5O2/c1-29(2)28-17-11-9-16(10-12-17)27-22(31)21(19-5-3-4-6-20(19)25)30(23(26)32)18-13-7-15(24)8-14-18/h3-14,16,21H,1-2H3,(H2,26,32)(H,27,31). The van der Waals surface area contributed by atoms with E-state index < -0.39 is 12.1 Å². The van der Waals surface area contributed by atoms with Gasteiger partial charge in [-0.3, -0.25) is 9.69 Å². The molecule has 0 bridgehead atoms. The van der Waals surface area contributed by atoms with Crippen molar-refractivity contribution < 1.29 is 9.59 Å². The van der Waals surface area contributed by atoms with Crippen LogP contribution in [0.5, 0.6) is 0 Å². The van der Waals surface area contributed by atoms with Gasteiger partial charge in [0.2, 0.25) is 5.91 Å². The summed E-state index contributed by atoms with van der Waals surface area (Å²) in [5, 5.41) is 9.52. The van der Waals surface area contributed by atoms with Crippen LogP contribution in [0, 0.1) is 3.57 Å². The van der Waals surface area contributed by atoms with Crippen molar-refractivity contribution in [1.29, 1.82) is 0 Å². The van der Waals surface area contributed by atoms with E-state index in [2.05, 4.69) is 33.0 Å². The first-order chi connectivity index (χ1) is 15.3. The van der Waals surface area contributed by atoms with Crippen molar-refractivity contribution in [2.75, 3.05) is 19.0 Å². The Morgan fingerprint density at radius 1 is 1.09 bits per heavy atom. The number of carbonyl (C=O) groups is 2. The number of nitrogens with zero attached hydrogens (tertiary/aromatic N) is 3. The minimum Gasteiger partial charge on any atom is -0.351 e. The number of benzene rings is 2. The molecule has 32 heavy (non-hydrogen) atoms. The number of hydrogen-bond donors (Lipinski definition) is 2. The molecule has 166 valence electrons. The zero-order valence-corrected chi connectivity index (χ0v) is 20.5. The van der Waals surface area contributed by atoms with E-state index in [4.69, 9.17) is 17.3 Å². The average molecular weight is 564 g/mol. The molecule has 0 saturated heterocycles. The van der Waals surface area contributed by atoms with E-state index in [0.29, 0.717) is 16.3 Å². The molecule has 1 atom stereocenters. The van der Waals surface area contributed by atoms with Gasteiger partial charge in [-0.15, -0.1) is 0 Å². The molecule has 3 amide bonds. The maximum Gasteiger partial charge on any atom is 0.320 e. The lowest BCUT2D eigenvalue weighted by atomic mass is 10.0. The Morgan fingerprint density at radius 3 is 2.28 bits per heavy atom. The van der Waals surface area contributed by atoms with Crippen molar-refractivity contribution in [2.24, 2.45) is 10.8 Å². The van der Waals surface area contributed by atoms with Crippen LogP contribution in [0.25, 0.3) is 0 Å². The Hall–Kier alpha value is -2.85. The fourth-order valence-electron chi connectivity index (χ4n) is 3.26. The Morgan fingerprint density at radius 2 is 1.72 bits per heavy atom. The van der Waals surface area contributed by atoms with Gasteiger partial charge < -0.3 is 16.1 Å². The van der Waals surface area contributed by atoms with Crippen LogP contribution in [-0.2, 0) is 4.79 Å². The monoisotopic (exact) mass is 563 g/mol. The molecule has 3 rings (SSSR count). The highest BCUT2D eigenvalue weighted by molar-refractivity contribution is 14.1. The molecule has 3 N–H and O–H groups in total. The van der Waals surface area contributed by atoms with Gasteiger partial charge in [0.25, 0.3) is 0 Å². The molecular weight excluding hydrogens is 541 g/mol. The summed E-state index contributed by atoms with van der Waals surface area (Å²) in [7, 11) is 3.67. The van der Waals surface area contributed by atoms with Crippen molar-refractivity contribution >= 4 is 57.5 Å². The number of hydrogen-bond acceptors (Lipinski definition) is 4. The number of hydrazone groups is 1. The number of allylic oxidation sites excluding steroid dienone is 2. The fraction of sp³-hybridized carbons (Fsp3) is 0.174. The van der Waals surface area contributed by atoms with Gasteiger partial charge in [-0.05, 0) is 70.6 Å². The van der Waals surface area contributed by atoms with Gasteiger partial charge >= 0.3 is 6.03 Å². The molecule has 0 fully saturated rings. The van der Waals surface area contributed by atoms with E-state index in [-0.39, 0.29) is 11.9 Å². The number of nitrogens with two attached hydrogens (primary N) is 1. The van der Waals surface area contributed by atoms with Gasteiger partial charge in [0, 0.05) is 28.4 Å². The topological polar surface area (TPSA) is 91.0 Å². The van der Waals surface area contributed by atoms with Gasteiger partial charge in [0.1, 0.15) is 6.04 Å². The second-order valence-electron chi connectivity index (χ2n) is 7.23. The van der Waals surface area contributed by atoms with Crippen LogP contribution in [0.4, 0.5) is 10.5 Å². The predicted molar refractivity (Wildman–Crippen MR) is 137 cm³/mol. The van der Waals surface area contributed by atoms with Gasteiger partial charge in [0.05, 0.1) is 11.8 Å². The number of primary amides is 1. The summed E-state index contributed by atoms with van der Waals surface area (Å²) in [5.74, 6) is -0.366. The number of carbonyl (C=O) groups excluding carboxylic acids is 2. The maximum absolute atomic E-state index is 13.5. The second kappa shape index (κ2) is 10.6. The highest BCUT2D eigenvalue weighted by Crippen LogP contribution is 2.31. The van der Waals surface area contributed by atoms with Crippen molar-refractivity contribution in [2.45, 2.75) is 12.1 Å². The van der Waals surface area contributed by atoms with Gasteiger partial charge in [0.15, 0.2) is 0 Å². The molecule has 2 aromatic rings. The van der Waals surface area contributed by atoms with Gasteiger partial charge in [-0.1, -0.05) is 42.0 Å². The lowest BCUT2D eigenvalue weighted by Crippen LogP contribution is -2.48. The molecule has 0 aromatic heterocycles. The third-order valence-corrected chi connectivity index (χ3v) is 5.86. The van der Waals surface area contributed by atoms with Crippen LogP contribution in [0.1, 0.15) is 11.6 Å². The van der Waals surface area contributed by atoms with Gasteiger partial charge in [-0.25, -0.2) is 4.79 Å². The first-order valence-electron chi connectivity index (χ1n) is 9.77. The maximum atomic E-state index is 13.5. The van der Waals surface area contributed by atoms with Crippen molar-refractivity contribution in [3.63, 3.8) is 0 Å². The van der Waals surface area contributed by atoms with E-state index in [9.17, 15) is 9.59 Å². The lowest BCUT2D eigenvalue weighted by molar-refractivity contribution is -0.122. The summed E-state index contributed by atoms with van der Waals surface area (Å²) in [4.78, 5) is 27.3. The molecule has 0 saturated carbocycles. The molecule has 9 heteroatoms. The van der Waals surface area contributed by atoms with E-state index >= 15 is 0 Å². The molecule has 0 aliphatic heterocycles. The quantitative estimate of drug-likeness (QED) is 0.410. The molecule has 2 aromatic carbocycles. The smallest absolute Gasteiger partial charge is 0.320 e. The fourth-order valence-corrected chi connectivity index (χ4v) is 4.07. The van der Waals surface area contributed by atoms with Crippen LogP contribution in [0.3, 0.4) is 0 Å². The minimum absolute atomic E-state index is 0.354. The Balaban J connectivity index is 1.95. The SMILES string of the molecule is CN(C)N=C1C=CC(NC(=O)C(c2ccccc2I)N(C(N)=O)c2ccc(Cl)cc2)C=C1. The number of anilines is 1. The molecular formula is C23H23ClIN5O2. The Kier molecular flexibility index (Phi) is 7.92. The molecule has 0 radical (unpaired) electrons. The second-order valence-corrected chi connectivity index (χ2v) is 8.83. The highest BCUT2D eigenvalue weighted by Gasteiger charge is 2.33. The van der Waals surface area contributed by atoms with E-state index in [1.54, 1.807) is 29.3 Å². The van der Waals surface area contributed by atoms with Crippen molar-refractivity contribution in [1.82, 2.24) is 10.3 Å². The molecule has 1 unspecified atom stereocenters. The van der Waals surface area contributed by atoms with E-state index in [0.717, 1.165) is 9.28 Å². The number of rotatable bonds is 6. The molecule has 1 aliphatic rings. The number of halogens is 2. The third-order valence-electron chi connectivity index (χ3n) is 4.62. The number of amides is 3. The summed E-state index contributed by atoms with van der Waals surface area (Å²) >= 11 is 8.16. The normalized spacial score (nSPS) is 15.8. The van der Waals surface area contributed by atoms with Crippen LogP contribution in [0.2, 0.25) is 5.02 Å². The van der Waals surface area contributed by atoms with Gasteiger partial charge in [-0.2, -0.15) is 5.10 Å². The number of urea groups is 1.